The average Bonchev–Trinajstić information content (AvgIpc) is 3.50. The van der Waals surface area contributed by atoms with E-state index in [1.807, 2.05) is 60.7 Å². The van der Waals surface area contributed by atoms with Gasteiger partial charge in [0.15, 0.2) is 5.78 Å². The van der Waals surface area contributed by atoms with Crippen LogP contribution in [-0.4, -0.2) is 21.8 Å². The molecule has 1 aromatic heterocycles. The van der Waals surface area contributed by atoms with Gasteiger partial charge in [-0.25, -0.2) is 0 Å². The molecule has 0 atom stereocenters. The molecule has 0 radical (unpaired) electrons. The van der Waals surface area contributed by atoms with Crippen LogP contribution < -0.4 is 0 Å². The Morgan fingerprint density at radius 3 is 2.34 bits per heavy atom. The molecule has 4 heteroatoms. The van der Waals surface area contributed by atoms with Gasteiger partial charge in [-0.3, -0.25) is 14.7 Å². The van der Waals surface area contributed by atoms with E-state index in [-0.39, 0.29) is 11.6 Å². The number of aromatic nitrogens is 2. The van der Waals surface area contributed by atoms with Gasteiger partial charge < -0.3 is 0 Å². The number of Topliss-reactive ketones (excluding diaryl/α,β-unsaturated/α-hetero) is 2. The Morgan fingerprint density at radius 2 is 1.69 bits per heavy atom. The molecule has 1 aliphatic carbocycles. The second-order valence-corrected chi connectivity index (χ2v) is 8.20. The number of rotatable bonds is 10. The van der Waals surface area contributed by atoms with E-state index in [2.05, 4.69) is 29.3 Å². The van der Waals surface area contributed by atoms with E-state index in [4.69, 9.17) is 0 Å². The minimum absolute atomic E-state index is 0.167. The highest BCUT2D eigenvalue weighted by atomic mass is 16.1. The third-order valence-electron chi connectivity index (χ3n) is 5.93. The Morgan fingerprint density at radius 1 is 0.969 bits per heavy atom. The van der Waals surface area contributed by atoms with Crippen LogP contribution in [0.4, 0.5) is 0 Å². The van der Waals surface area contributed by atoms with Crippen molar-refractivity contribution in [2.24, 2.45) is 0 Å². The van der Waals surface area contributed by atoms with Crippen LogP contribution >= 0.6 is 0 Å². The fraction of sp³-hybridized carbons (Fsp3) is 0.250. The van der Waals surface area contributed by atoms with Crippen molar-refractivity contribution in [1.29, 1.82) is 0 Å². The maximum absolute atomic E-state index is 12.6. The highest BCUT2D eigenvalue weighted by Crippen LogP contribution is 2.25. The van der Waals surface area contributed by atoms with Gasteiger partial charge in [-0.15, -0.1) is 0 Å². The van der Waals surface area contributed by atoms with Gasteiger partial charge in [0.2, 0.25) is 0 Å². The number of hydrogen-bond acceptors (Lipinski definition) is 3. The Hall–Kier alpha value is -3.53. The summed E-state index contributed by atoms with van der Waals surface area (Å²) in [5, 5.41) is 7.66. The van der Waals surface area contributed by atoms with Gasteiger partial charge in [-0.1, -0.05) is 79.7 Å². The molecule has 4 rings (SSSR count). The minimum atomic E-state index is 0.167. The summed E-state index contributed by atoms with van der Waals surface area (Å²) >= 11 is 0. The Kier molecular flexibility index (Phi) is 6.90. The quantitative estimate of drug-likeness (QED) is 0.475. The number of H-pyrrole nitrogens is 1. The van der Waals surface area contributed by atoms with E-state index in [1.165, 1.54) is 5.56 Å². The summed E-state index contributed by atoms with van der Waals surface area (Å²) in [6.45, 7) is 2.12. The first-order valence-corrected chi connectivity index (χ1v) is 11.2. The monoisotopic (exact) mass is 424 g/mol. The van der Waals surface area contributed by atoms with Crippen LogP contribution in [0.25, 0.3) is 11.3 Å². The lowest BCUT2D eigenvalue weighted by molar-refractivity contribution is -0.118. The smallest absolute Gasteiger partial charge is 0.163 e. The SMILES string of the molecule is CCc1c(-c2ccccc2)n[nH]c1CCC(=O)Cc1ccc(CC(=O)C2=CC=CC2)cc1. The number of hydrogen-bond donors (Lipinski definition) is 1. The molecule has 3 aromatic rings. The second kappa shape index (κ2) is 10.2. The molecule has 162 valence electrons. The summed E-state index contributed by atoms with van der Waals surface area (Å²) in [5.41, 5.74) is 7.14. The number of aryl methyl sites for hydroxylation is 1. The molecule has 0 saturated heterocycles. The fourth-order valence-electron chi connectivity index (χ4n) is 4.13. The molecule has 0 aliphatic heterocycles. The predicted octanol–water partition coefficient (Wildman–Crippen LogP) is 5.38. The third kappa shape index (κ3) is 5.20. The predicted molar refractivity (Wildman–Crippen MR) is 127 cm³/mol. The van der Waals surface area contributed by atoms with Crippen molar-refractivity contribution in [2.75, 3.05) is 0 Å². The molecule has 0 fully saturated rings. The van der Waals surface area contributed by atoms with Crippen LogP contribution in [0.15, 0.2) is 78.4 Å². The molecule has 1 N–H and O–H groups in total. The lowest BCUT2D eigenvalue weighted by Crippen LogP contribution is -2.07. The van der Waals surface area contributed by atoms with E-state index < -0.39 is 0 Å². The molecule has 0 amide bonds. The highest BCUT2D eigenvalue weighted by Gasteiger charge is 2.15. The summed E-state index contributed by atoms with van der Waals surface area (Å²) in [7, 11) is 0. The number of carbonyl (C=O) groups excluding carboxylic acids is 2. The first-order valence-electron chi connectivity index (χ1n) is 11.2. The molecule has 4 nitrogen and oxygen atoms in total. The van der Waals surface area contributed by atoms with Gasteiger partial charge in [0.05, 0.1) is 5.69 Å². The van der Waals surface area contributed by atoms with Crippen molar-refractivity contribution < 1.29 is 9.59 Å². The Labute approximate surface area is 189 Å². The van der Waals surface area contributed by atoms with Crippen molar-refractivity contribution in [2.45, 2.75) is 45.4 Å². The summed E-state index contributed by atoms with van der Waals surface area (Å²) in [5.74, 6) is 0.369. The lowest BCUT2D eigenvalue weighted by Gasteiger charge is -2.06. The molecule has 1 aliphatic rings. The molecule has 0 saturated carbocycles. The van der Waals surface area contributed by atoms with Crippen molar-refractivity contribution in [3.05, 3.63) is 101 Å². The average molecular weight is 425 g/mol. The van der Waals surface area contributed by atoms with Crippen molar-refractivity contribution in [3.8, 4) is 11.3 Å². The van der Waals surface area contributed by atoms with E-state index in [1.54, 1.807) is 0 Å². The number of carbonyl (C=O) groups is 2. The zero-order valence-electron chi connectivity index (χ0n) is 18.4. The topological polar surface area (TPSA) is 62.8 Å². The van der Waals surface area contributed by atoms with Gasteiger partial charge in [-0.2, -0.15) is 5.10 Å². The van der Waals surface area contributed by atoms with E-state index in [9.17, 15) is 9.59 Å². The molecular formula is C28H28N2O2. The normalized spacial score (nSPS) is 12.7. The second-order valence-electron chi connectivity index (χ2n) is 8.20. The van der Waals surface area contributed by atoms with Gasteiger partial charge in [0.1, 0.15) is 5.78 Å². The van der Waals surface area contributed by atoms with Crippen LogP contribution in [-0.2, 0) is 35.3 Å². The van der Waals surface area contributed by atoms with E-state index in [0.29, 0.717) is 25.7 Å². The zero-order chi connectivity index (χ0) is 22.3. The number of allylic oxidation sites excluding steroid dienone is 4. The van der Waals surface area contributed by atoms with Gasteiger partial charge >= 0.3 is 0 Å². The summed E-state index contributed by atoms with van der Waals surface area (Å²) in [6.07, 6.45) is 9.37. The first-order chi connectivity index (χ1) is 15.6. The molecule has 2 aromatic carbocycles. The summed E-state index contributed by atoms with van der Waals surface area (Å²) < 4.78 is 0. The van der Waals surface area contributed by atoms with Crippen LogP contribution in [0, 0.1) is 0 Å². The lowest BCUT2D eigenvalue weighted by atomic mass is 9.98. The number of nitrogens with one attached hydrogen (secondary N) is 1. The van der Waals surface area contributed by atoms with Crippen LogP contribution in [0.2, 0.25) is 0 Å². The maximum atomic E-state index is 12.6. The fourth-order valence-corrected chi connectivity index (χ4v) is 4.13. The van der Waals surface area contributed by atoms with Crippen LogP contribution in [0.3, 0.4) is 0 Å². The van der Waals surface area contributed by atoms with E-state index in [0.717, 1.165) is 46.5 Å². The van der Waals surface area contributed by atoms with Gasteiger partial charge in [0, 0.05) is 36.1 Å². The Balaban J connectivity index is 1.31. The first kappa shape index (κ1) is 21.7. The summed E-state index contributed by atoms with van der Waals surface area (Å²) in [4.78, 5) is 24.9. The zero-order valence-corrected chi connectivity index (χ0v) is 18.4. The third-order valence-corrected chi connectivity index (χ3v) is 5.93. The molecular weight excluding hydrogens is 396 g/mol. The molecule has 0 bridgehead atoms. The Bertz CT molecular complexity index is 1150. The van der Waals surface area contributed by atoms with Gasteiger partial charge in [-0.05, 0) is 36.0 Å². The number of nitrogens with zero attached hydrogens (tertiary/aromatic N) is 1. The largest absolute Gasteiger partial charge is 0.299 e. The van der Waals surface area contributed by atoms with Crippen molar-refractivity contribution in [3.63, 3.8) is 0 Å². The van der Waals surface area contributed by atoms with Crippen molar-refractivity contribution in [1.82, 2.24) is 10.2 Å². The highest BCUT2D eigenvalue weighted by molar-refractivity contribution is 5.97. The number of ketones is 2. The molecule has 1 heterocycles. The molecule has 32 heavy (non-hydrogen) atoms. The standard InChI is InChI=1S/C28H28N2O2/c1-2-25-26(29-30-28(25)23-10-4-3-5-11-23)17-16-24(31)18-20-12-14-21(15-13-20)19-27(32)22-8-6-7-9-22/h3-8,10-15H,2,9,16-19H2,1H3,(H,29,30). The van der Waals surface area contributed by atoms with E-state index >= 15 is 0 Å². The van der Waals surface area contributed by atoms with Crippen LogP contribution in [0.5, 0.6) is 0 Å². The minimum Gasteiger partial charge on any atom is -0.299 e. The number of aromatic amines is 1. The van der Waals surface area contributed by atoms with Crippen LogP contribution in [0.1, 0.15) is 42.1 Å². The van der Waals surface area contributed by atoms with Gasteiger partial charge in [0.25, 0.3) is 0 Å². The van der Waals surface area contributed by atoms with Crippen molar-refractivity contribution >= 4 is 11.6 Å². The molecule has 0 spiro atoms. The number of benzene rings is 2. The maximum Gasteiger partial charge on any atom is 0.163 e. The summed E-state index contributed by atoms with van der Waals surface area (Å²) in [6, 6.07) is 18.0. The molecule has 0 unspecified atom stereocenters.